The van der Waals surface area contributed by atoms with Crippen LogP contribution < -0.4 is 5.73 Å². The molecule has 7 heteroatoms. The van der Waals surface area contributed by atoms with E-state index in [1.807, 2.05) is 0 Å². The molecule has 0 bridgehead atoms. The second-order valence-electron chi connectivity index (χ2n) is 3.88. The van der Waals surface area contributed by atoms with Crippen LogP contribution in [0.1, 0.15) is 20.8 Å². The van der Waals surface area contributed by atoms with Crippen molar-refractivity contribution in [3.63, 3.8) is 0 Å². The predicted octanol–water partition coefficient (Wildman–Crippen LogP) is 1.24. The van der Waals surface area contributed by atoms with Crippen molar-refractivity contribution >= 4 is 28.4 Å². The summed E-state index contributed by atoms with van der Waals surface area (Å²) >= 11 is 1.32. The Bertz CT molecular complexity index is 497. The highest BCUT2D eigenvalue weighted by Crippen LogP contribution is 2.35. The zero-order chi connectivity index (χ0) is 13.3. The lowest BCUT2D eigenvalue weighted by molar-refractivity contribution is 0.0600. The fourth-order valence-corrected chi connectivity index (χ4v) is 3.16. The Kier molecular flexibility index (Phi) is 3.42. The van der Waals surface area contributed by atoms with Gasteiger partial charge in [0.15, 0.2) is 0 Å². The summed E-state index contributed by atoms with van der Waals surface area (Å²) in [6, 6.07) is 0. The van der Waals surface area contributed by atoms with Gasteiger partial charge in [0.2, 0.25) is 0 Å². The number of thiophene rings is 1. The maximum atomic E-state index is 11.6. The van der Waals surface area contributed by atoms with E-state index >= 15 is 0 Å². The third kappa shape index (κ3) is 2.01. The minimum absolute atomic E-state index is 0.368. The molecular formula is C11H14N2O4S. The number of methoxy groups -OCH3 is 2. The number of hydrogen-bond donors (Lipinski definition) is 1. The molecule has 1 aliphatic rings. The quantitative estimate of drug-likeness (QED) is 0.776. The Balaban J connectivity index is 2.31. The van der Waals surface area contributed by atoms with Crippen molar-refractivity contribution in [1.29, 1.82) is 0 Å². The normalized spacial score (nSPS) is 14.0. The monoisotopic (exact) mass is 270 g/mol. The molecule has 1 aromatic rings. The van der Waals surface area contributed by atoms with E-state index in [0.29, 0.717) is 30.1 Å². The van der Waals surface area contributed by atoms with E-state index in [1.165, 1.54) is 25.6 Å². The zero-order valence-electron chi connectivity index (χ0n) is 10.2. The minimum atomic E-state index is -0.420. The number of anilines is 1. The first-order chi connectivity index (χ1) is 8.58. The number of carbonyl (C=O) groups excluding carboxylic acids is 2. The molecule has 1 aliphatic heterocycles. The number of nitrogens with zero attached hydrogens (tertiary/aromatic N) is 1. The maximum absolute atomic E-state index is 11.6. The third-order valence-corrected chi connectivity index (χ3v) is 3.95. The average molecular weight is 270 g/mol. The van der Waals surface area contributed by atoms with Crippen LogP contribution in [0.5, 0.6) is 0 Å². The molecular weight excluding hydrogens is 256 g/mol. The zero-order valence-corrected chi connectivity index (χ0v) is 11.0. The molecule has 0 aliphatic carbocycles. The molecule has 2 N–H and O–H groups in total. The molecule has 6 nitrogen and oxygen atoms in total. The van der Waals surface area contributed by atoms with E-state index in [4.69, 9.17) is 10.5 Å². The van der Waals surface area contributed by atoms with Gasteiger partial charge < -0.3 is 20.1 Å². The molecule has 98 valence electrons. The summed E-state index contributed by atoms with van der Waals surface area (Å²) in [5.41, 5.74) is 7.17. The number of rotatable bonds is 1. The number of nitrogens with two attached hydrogens (primary N) is 1. The van der Waals surface area contributed by atoms with Gasteiger partial charge in [0.25, 0.3) is 0 Å². The number of hydrogen-bond acceptors (Lipinski definition) is 6. The van der Waals surface area contributed by atoms with Gasteiger partial charge in [-0.25, -0.2) is 9.59 Å². The molecule has 18 heavy (non-hydrogen) atoms. The second kappa shape index (κ2) is 4.85. The molecule has 0 unspecified atom stereocenters. The number of amides is 1. The van der Waals surface area contributed by atoms with Crippen LogP contribution >= 0.6 is 11.3 Å². The Morgan fingerprint density at radius 2 is 2.06 bits per heavy atom. The van der Waals surface area contributed by atoms with Gasteiger partial charge in [0.05, 0.1) is 26.3 Å². The van der Waals surface area contributed by atoms with Crippen LogP contribution in [0.2, 0.25) is 0 Å². The number of fused-ring (bicyclic) bond motifs is 1. The summed E-state index contributed by atoms with van der Waals surface area (Å²) in [5.74, 6) is -0.420. The van der Waals surface area contributed by atoms with Crippen LogP contribution in [0.25, 0.3) is 0 Å². The lowest BCUT2D eigenvalue weighted by Crippen LogP contribution is -2.35. The van der Waals surface area contributed by atoms with Gasteiger partial charge in [-0.1, -0.05) is 0 Å². The van der Waals surface area contributed by atoms with Crippen LogP contribution in [0.3, 0.4) is 0 Å². The maximum Gasteiger partial charge on any atom is 0.409 e. The van der Waals surface area contributed by atoms with Gasteiger partial charge in [-0.2, -0.15) is 0 Å². The Morgan fingerprint density at radius 1 is 1.33 bits per heavy atom. The van der Waals surface area contributed by atoms with Gasteiger partial charge in [-0.05, 0) is 12.0 Å². The first-order valence-electron chi connectivity index (χ1n) is 5.39. The van der Waals surface area contributed by atoms with Gasteiger partial charge in [-0.15, -0.1) is 11.3 Å². The number of carbonyl (C=O) groups is 2. The van der Waals surface area contributed by atoms with Crippen LogP contribution in [-0.2, 0) is 22.4 Å². The minimum Gasteiger partial charge on any atom is -0.465 e. The molecule has 2 heterocycles. The van der Waals surface area contributed by atoms with E-state index < -0.39 is 5.97 Å². The largest absolute Gasteiger partial charge is 0.465 e. The predicted molar refractivity (Wildman–Crippen MR) is 66.6 cm³/mol. The lowest BCUT2D eigenvalue weighted by Gasteiger charge is -2.25. The van der Waals surface area contributed by atoms with Gasteiger partial charge >= 0.3 is 12.1 Å². The smallest absolute Gasteiger partial charge is 0.409 e. The van der Waals surface area contributed by atoms with Crippen molar-refractivity contribution in [1.82, 2.24) is 4.90 Å². The van der Waals surface area contributed by atoms with Crippen LogP contribution in [-0.4, -0.2) is 37.7 Å². The summed E-state index contributed by atoms with van der Waals surface area (Å²) in [4.78, 5) is 25.6. The summed E-state index contributed by atoms with van der Waals surface area (Å²) in [6.07, 6.45) is 0.218. The molecule has 0 saturated heterocycles. The molecule has 0 aromatic carbocycles. The number of nitrogen functional groups attached to an aromatic ring is 1. The van der Waals surface area contributed by atoms with Crippen LogP contribution in [0, 0.1) is 0 Å². The first-order valence-corrected chi connectivity index (χ1v) is 6.21. The lowest BCUT2D eigenvalue weighted by atomic mass is 10.0. The van der Waals surface area contributed by atoms with Crippen molar-refractivity contribution in [2.24, 2.45) is 0 Å². The fraction of sp³-hybridized carbons (Fsp3) is 0.455. The Hall–Kier alpha value is -1.76. The summed E-state index contributed by atoms with van der Waals surface area (Å²) < 4.78 is 9.40. The van der Waals surface area contributed by atoms with Crippen molar-refractivity contribution in [2.45, 2.75) is 13.0 Å². The fourth-order valence-electron chi connectivity index (χ4n) is 2.04. The average Bonchev–Trinajstić information content (AvgIpc) is 2.71. The van der Waals surface area contributed by atoms with Crippen LogP contribution in [0.4, 0.5) is 9.80 Å². The summed E-state index contributed by atoms with van der Waals surface area (Å²) in [5, 5.41) is 0.443. The van der Waals surface area contributed by atoms with Crippen molar-refractivity contribution in [3.8, 4) is 0 Å². The molecule has 0 spiro atoms. The molecule has 0 fully saturated rings. The van der Waals surface area contributed by atoms with Crippen molar-refractivity contribution in [3.05, 3.63) is 16.0 Å². The Morgan fingerprint density at radius 3 is 2.67 bits per heavy atom. The second-order valence-corrected chi connectivity index (χ2v) is 5.01. The SMILES string of the molecule is COC(=O)c1c(N)sc2c1CCN(C(=O)OC)C2. The first kappa shape index (κ1) is 12.7. The number of ether oxygens (including phenoxy) is 2. The highest BCUT2D eigenvalue weighted by Gasteiger charge is 2.29. The highest BCUT2D eigenvalue weighted by molar-refractivity contribution is 7.16. The molecule has 0 saturated carbocycles. The molecule has 1 aromatic heterocycles. The van der Waals surface area contributed by atoms with Crippen molar-refractivity contribution < 1.29 is 19.1 Å². The topological polar surface area (TPSA) is 81.9 Å². The number of esters is 1. The standard InChI is InChI=1S/C11H14N2O4S/c1-16-10(14)8-6-3-4-13(11(15)17-2)5-7(6)18-9(8)12/h3-5,12H2,1-2H3. The molecule has 2 rings (SSSR count). The highest BCUT2D eigenvalue weighted by atomic mass is 32.1. The van der Waals surface area contributed by atoms with E-state index in [-0.39, 0.29) is 6.09 Å². The van der Waals surface area contributed by atoms with E-state index in [9.17, 15) is 9.59 Å². The van der Waals surface area contributed by atoms with Gasteiger partial charge in [0.1, 0.15) is 5.00 Å². The van der Waals surface area contributed by atoms with Gasteiger partial charge in [0, 0.05) is 11.4 Å². The molecule has 1 amide bonds. The van der Waals surface area contributed by atoms with E-state index in [0.717, 1.165) is 10.4 Å². The van der Waals surface area contributed by atoms with Crippen molar-refractivity contribution in [2.75, 3.05) is 26.5 Å². The molecule has 0 atom stereocenters. The Labute approximate surface area is 108 Å². The van der Waals surface area contributed by atoms with Gasteiger partial charge in [-0.3, -0.25) is 0 Å². The summed E-state index contributed by atoms with van der Waals surface area (Å²) in [7, 11) is 2.68. The summed E-state index contributed by atoms with van der Waals surface area (Å²) in [6.45, 7) is 0.938. The third-order valence-electron chi connectivity index (χ3n) is 2.91. The van der Waals surface area contributed by atoms with Crippen LogP contribution in [0.15, 0.2) is 0 Å². The van der Waals surface area contributed by atoms with E-state index in [2.05, 4.69) is 4.74 Å². The van der Waals surface area contributed by atoms with E-state index in [1.54, 1.807) is 4.90 Å². The molecule has 0 radical (unpaired) electrons.